The van der Waals surface area contributed by atoms with Crippen molar-refractivity contribution in [2.75, 3.05) is 37.2 Å². The summed E-state index contributed by atoms with van der Waals surface area (Å²) in [4.78, 5) is 25.1. The van der Waals surface area contributed by atoms with Gasteiger partial charge in [-0.15, -0.1) is 17.0 Å². The number of rotatable bonds is 4. The summed E-state index contributed by atoms with van der Waals surface area (Å²) >= 11 is 18.9. The van der Waals surface area contributed by atoms with Gasteiger partial charge in [-0.2, -0.15) is 0 Å². The topological polar surface area (TPSA) is 138 Å². The molecule has 0 radical (unpaired) electrons. The van der Waals surface area contributed by atoms with Crippen molar-refractivity contribution in [2.24, 2.45) is 0 Å². The molecule has 17 heteroatoms. The standard InChI is InChI=1S/C6H3Br2N3.C4H3Br2N3.C4H9BrO2.C2H3BrO.C2H6O.BrH/c7-4-3-11-2-1-9-6(11)5(8)10-4;5-2-1-8-4(7)3(6)9-2;1-6-4(3-5)7-2;3-1-2-4;1-2-3;/h1-3H;1H,(H2,7,8);4H,3H2,1-2H3;2H,1H2;3H,2H2,1H3;1H. The Bertz CT molecular complexity index is 930. The maximum atomic E-state index is 9.13. The van der Waals surface area contributed by atoms with E-state index in [4.69, 9.17) is 25.1 Å². The first kappa shape index (κ1) is 39.9. The van der Waals surface area contributed by atoms with Crippen molar-refractivity contribution in [3.05, 3.63) is 43.2 Å². The highest BCUT2D eigenvalue weighted by molar-refractivity contribution is 9.11. The van der Waals surface area contributed by atoms with Crippen LogP contribution in [0.2, 0.25) is 0 Å². The van der Waals surface area contributed by atoms with Crippen LogP contribution in [0.3, 0.4) is 0 Å². The molecule has 3 heterocycles. The van der Waals surface area contributed by atoms with Gasteiger partial charge in [0.2, 0.25) is 0 Å². The van der Waals surface area contributed by atoms with Crippen molar-refractivity contribution in [2.45, 2.75) is 13.2 Å². The van der Waals surface area contributed by atoms with E-state index in [2.05, 4.69) is 116 Å². The van der Waals surface area contributed by atoms with Gasteiger partial charge in [0, 0.05) is 39.4 Å². The number of carbonyl (C=O) groups excluding carboxylic acids is 1. The predicted octanol–water partition coefficient (Wildman–Crippen LogP) is 6.00. The largest absolute Gasteiger partial charge is 0.397 e. The highest BCUT2D eigenvalue weighted by Crippen LogP contribution is 2.17. The number of nitrogen functional groups attached to an aromatic ring is 1. The third kappa shape index (κ3) is 20.1. The zero-order valence-corrected chi connectivity index (χ0v) is 30.0. The molecule has 0 saturated heterocycles. The molecule has 3 rings (SSSR count). The van der Waals surface area contributed by atoms with Gasteiger partial charge in [-0.25, -0.2) is 19.9 Å². The molecular weight excluding hydrogens is 924 g/mol. The Morgan fingerprint density at radius 2 is 1.60 bits per heavy atom. The van der Waals surface area contributed by atoms with Crippen LogP contribution in [-0.4, -0.2) is 73.5 Å². The van der Waals surface area contributed by atoms with E-state index in [-0.39, 0.29) is 29.9 Å². The molecule has 0 atom stereocenters. The Kier molecular flexibility index (Phi) is 29.7. The SMILES string of the molecule is Br.Brc1cn2ccnc2c(Br)n1.CCO.COC(CBr)OC.Nc1ncc(Br)nc1Br.O=CCBr. The molecule has 0 spiro atoms. The molecule has 0 aliphatic rings. The molecule has 0 amide bonds. The van der Waals surface area contributed by atoms with Gasteiger partial charge in [0.25, 0.3) is 0 Å². The Balaban J connectivity index is -0.000000390. The van der Waals surface area contributed by atoms with Crippen LogP contribution in [0.25, 0.3) is 5.65 Å². The number of halogens is 7. The monoisotopic (exact) mass is 942 g/mol. The number of alkyl halides is 2. The molecule has 0 fully saturated rings. The zero-order chi connectivity index (χ0) is 26.5. The minimum Gasteiger partial charge on any atom is -0.397 e. The summed E-state index contributed by atoms with van der Waals surface area (Å²) in [5.74, 6) is 0.401. The number of anilines is 1. The summed E-state index contributed by atoms with van der Waals surface area (Å²) in [7, 11) is 3.21. The molecule has 0 saturated carbocycles. The highest BCUT2D eigenvalue weighted by Gasteiger charge is 2.01. The number of aldehydes is 1. The number of nitrogens with zero attached hydrogens (tertiary/aromatic N) is 5. The summed E-state index contributed by atoms with van der Waals surface area (Å²) in [6.07, 6.45) is 7.69. The van der Waals surface area contributed by atoms with E-state index in [9.17, 15) is 0 Å². The molecule has 0 aliphatic carbocycles. The van der Waals surface area contributed by atoms with Crippen LogP contribution in [0.1, 0.15) is 6.92 Å². The summed E-state index contributed by atoms with van der Waals surface area (Å²) in [5, 5.41) is 8.74. The lowest BCUT2D eigenvalue weighted by Gasteiger charge is -2.07. The predicted molar refractivity (Wildman–Crippen MR) is 165 cm³/mol. The van der Waals surface area contributed by atoms with Crippen molar-refractivity contribution in [1.82, 2.24) is 24.3 Å². The molecule has 3 N–H and O–H groups in total. The Morgan fingerprint density at radius 3 is 1.97 bits per heavy atom. The van der Waals surface area contributed by atoms with Gasteiger partial charge in [-0.1, -0.05) is 31.9 Å². The molecule has 35 heavy (non-hydrogen) atoms. The first-order valence-corrected chi connectivity index (χ1v) is 14.4. The van der Waals surface area contributed by atoms with Crippen molar-refractivity contribution >= 4 is 130 Å². The maximum absolute atomic E-state index is 9.13. The van der Waals surface area contributed by atoms with Gasteiger partial charge in [0.15, 0.2) is 22.4 Å². The zero-order valence-electron chi connectivity index (χ0n) is 18.7. The number of methoxy groups -OCH3 is 2. The number of hydrogen-bond acceptors (Lipinski definition) is 9. The van der Waals surface area contributed by atoms with E-state index >= 15 is 0 Å². The molecule has 0 aromatic carbocycles. The lowest BCUT2D eigenvalue weighted by atomic mass is 10.7. The van der Waals surface area contributed by atoms with Gasteiger partial charge >= 0.3 is 0 Å². The number of aliphatic hydroxyl groups is 1. The van der Waals surface area contributed by atoms with Crippen LogP contribution < -0.4 is 5.73 Å². The van der Waals surface area contributed by atoms with Gasteiger partial charge in [0.1, 0.15) is 20.1 Å². The van der Waals surface area contributed by atoms with Gasteiger partial charge < -0.3 is 29.5 Å². The Hall–Kier alpha value is 0.410. The number of nitrogens with two attached hydrogens (primary N) is 1. The van der Waals surface area contributed by atoms with E-state index in [1.807, 2.05) is 16.8 Å². The van der Waals surface area contributed by atoms with Crippen LogP contribution in [0.5, 0.6) is 0 Å². The molecule has 3 aromatic heterocycles. The van der Waals surface area contributed by atoms with E-state index in [0.29, 0.717) is 20.4 Å². The van der Waals surface area contributed by atoms with Crippen molar-refractivity contribution in [3.63, 3.8) is 0 Å². The number of hydrogen-bond donors (Lipinski definition) is 2. The normalized spacial score (nSPS) is 9.11. The van der Waals surface area contributed by atoms with Crippen LogP contribution in [0, 0.1) is 0 Å². The third-order valence-electron chi connectivity index (χ3n) is 2.75. The molecular formula is C18H25Br7N6O4. The number of imidazole rings is 1. The fourth-order valence-electron chi connectivity index (χ4n) is 1.44. The lowest BCUT2D eigenvalue weighted by Crippen LogP contribution is -2.13. The smallest absolute Gasteiger partial charge is 0.170 e. The van der Waals surface area contributed by atoms with E-state index in [1.54, 1.807) is 33.5 Å². The van der Waals surface area contributed by atoms with Crippen LogP contribution in [0.4, 0.5) is 5.82 Å². The summed E-state index contributed by atoms with van der Waals surface area (Å²) in [6.45, 7) is 1.93. The van der Waals surface area contributed by atoms with Crippen molar-refractivity contribution in [1.29, 1.82) is 0 Å². The minimum atomic E-state index is -0.0972. The van der Waals surface area contributed by atoms with Crippen LogP contribution >= 0.6 is 113 Å². The second-order valence-corrected chi connectivity index (χ2v) is 9.50. The van der Waals surface area contributed by atoms with Crippen LogP contribution in [-0.2, 0) is 14.3 Å². The van der Waals surface area contributed by atoms with Gasteiger partial charge in [0.05, 0.1) is 16.9 Å². The van der Waals surface area contributed by atoms with E-state index < -0.39 is 0 Å². The van der Waals surface area contributed by atoms with Crippen molar-refractivity contribution in [3.8, 4) is 0 Å². The molecule has 3 aromatic rings. The summed E-state index contributed by atoms with van der Waals surface area (Å²) in [6, 6.07) is 0. The average molecular weight is 949 g/mol. The van der Waals surface area contributed by atoms with Gasteiger partial charge in [-0.05, 0) is 70.6 Å². The first-order valence-electron chi connectivity index (χ1n) is 8.95. The Morgan fingerprint density at radius 1 is 1.09 bits per heavy atom. The maximum Gasteiger partial charge on any atom is 0.170 e. The molecule has 10 nitrogen and oxygen atoms in total. The Labute approximate surface area is 265 Å². The fraction of sp³-hybridized carbons (Fsp3) is 0.389. The molecule has 0 unspecified atom stereocenters. The second-order valence-electron chi connectivity index (χ2n) is 5.07. The number of carbonyl (C=O) groups is 1. The number of fused-ring (bicyclic) bond motifs is 1. The molecule has 0 bridgehead atoms. The van der Waals surface area contributed by atoms with E-state index in [1.165, 1.54) is 0 Å². The summed E-state index contributed by atoms with van der Waals surface area (Å²) < 4.78 is 14.2. The lowest BCUT2D eigenvalue weighted by molar-refractivity contribution is -0.105. The molecule has 200 valence electrons. The number of aliphatic hydroxyl groups excluding tert-OH is 1. The quantitative estimate of drug-likeness (QED) is 0.184. The third-order valence-corrected chi connectivity index (χ3v) is 5.42. The fourth-order valence-corrected chi connectivity index (χ4v) is 3.92. The minimum absolute atomic E-state index is 0. The van der Waals surface area contributed by atoms with E-state index in [0.717, 1.165) is 26.5 Å². The number of ether oxygens (including phenoxy) is 2. The van der Waals surface area contributed by atoms with Crippen LogP contribution in [0.15, 0.2) is 43.2 Å². The molecule has 0 aliphatic heterocycles. The van der Waals surface area contributed by atoms with Gasteiger partial charge in [-0.3, -0.25) is 0 Å². The first-order chi connectivity index (χ1) is 16.1. The summed E-state index contributed by atoms with van der Waals surface area (Å²) in [5.41, 5.74) is 6.17. The average Bonchev–Trinajstić information content (AvgIpc) is 3.28. The van der Waals surface area contributed by atoms with Crippen molar-refractivity contribution < 1.29 is 19.4 Å². The highest BCUT2D eigenvalue weighted by atomic mass is 79.9. The number of aromatic nitrogens is 5. The second kappa shape index (κ2) is 26.0.